The molecule has 1 unspecified atom stereocenters. The largest absolute Gasteiger partial charge is 0.508 e. The number of hydrogen-bond acceptors (Lipinski definition) is 8. The number of carbonyl (C=O) groups is 2. The second kappa shape index (κ2) is 11.7. The van der Waals surface area contributed by atoms with Gasteiger partial charge in [0.25, 0.3) is 11.8 Å². The molecule has 0 spiro atoms. The van der Waals surface area contributed by atoms with E-state index in [1.165, 1.54) is 35.0 Å². The van der Waals surface area contributed by atoms with Crippen molar-refractivity contribution in [2.75, 3.05) is 48.8 Å². The van der Waals surface area contributed by atoms with Gasteiger partial charge in [-0.05, 0) is 66.9 Å². The quantitative estimate of drug-likeness (QED) is 0.309. The molecule has 7 rings (SSSR count). The number of carbonyl (C=O) groups excluding carboxylic acids is 2. The Balaban J connectivity index is 1.15. The number of nitrogens with one attached hydrogen (secondary N) is 1. The van der Waals surface area contributed by atoms with E-state index in [0.717, 1.165) is 29.8 Å². The molecule has 1 aromatic heterocycles. The van der Waals surface area contributed by atoms with Crippen LogP contribution in [-0.4, -0.2) is 65.5 Å². The minimum atomic E-state index is -0.727. The number of phenolic OH excluding ortho intramolecular Hbond substituents is 1. The molecule has 232 valence electrons. The number of pyridine rings is 1. The summed E-state index contributed by atoms with van der Waals surface area (Å²) >= 11 is 1.33. The van der Waals surface area contributed by atoms with Crippen molar-refractivity contribution in [2.45, 2.75) is 24.3 Å². The zero-order chi connectivity index (χ0) is 31.2. The summed E-state index contributed by atoms with van der Waals surface area (Å²) in [7, 11) is 1.63. The molecule has 4 aromatic rings. The standard InChI is InChI=1S/C33H32FN5O5S/c1-44-24-10-6-21(7-11-24)36-12-14-37(15-13-36)29-17-28-25(16-27(29)34)31(42)26(18-38(28)22-4-5-22)32(43)35-39-30(41)19-45-33(39)20-2-8-23(40)9-3-20/h2-3,6-11,16-18,22,33,40H,4-5,12-15,19H2,1H3,(H,35,43). The van der Waals surface area contributed by atoms with Gasteiger partial charge in [-0.3, -0.25) is 19.8 Å². The third kappa shape index (κ3) is 5.54. The molecule has 2 amide bonds. The molecule has 10 nitrogen and oxygen atoms in total. The summed E-state index contributed by atoms with van der Waals surface area (Å²) in [5.74, 6) is -0.520. The van der Waals surface area contributed by atoms with Crippen LogP contribution in [0.15, 0.2) is 71.7 Å². The van der Waals surface area contributed by atoms with Crippen LogP contribution in [0.2, 0.25) is 0 Å². The molecule has 3 aliphatic rings. The van der Waals surface area contributed by atoms with Crippen molar-refractivity contribution in [1.82, 2.24) is 15.0 Å². The normalized spacial score (nSPS) is 18.5. The molecule has 3 fully saturated rings. The van der Waals surface area contributed by atoms with Gasteiger partial charge in [0, 0.05) is 49.5 Å². The molecule has 2 saturated heterocycles. The third-order valence-corrected chi connectivity index (χ3v) is 9.82. The number of nitrogens with zero attached hydrogens (tertiary/aromatic N) is 4. The fourth-order valence-corrected chi connectivity index (χ4v) is 7.12. The highest BCUT2D eigenvalue weighted by molar-refractivity contribution is 8.00. The van der Waals surface area contributed by atoms with Gasteiger partial charge < -0.3 is 24.2 Å². The van der Waals surface area contributed by atoms with E-state index >= 15 is 4.39 Å². The van der Waals surface area contributed by atoms with Gasteiger partial charge in [0.1, 0.15) is 28.3 Å². The lowest BCUT2D eigenvalue weighted by Crippen LogP contribution is -2.47. The summed E-state index contributed by atoms with van der Waals surface area (Å²) in [6, 6.07) is 17.3. The van der Waals surface area contributed by atoms with Crippen LogP contribution >= 0.6 is 11.8 Å². The van der Waals surface area contributed by atoms with Crippen LogP contribution in [0, 0.1) is 5.82 Å². The summed E-state index contributed by atoms with van der Waals surface area (Å²) < 4.78 is 22.9. The zero-order valence-corrected chi connectivity index (χ0v) is 25.4. The average molecular weight is 630 g/mol. The summed E-state index contributed by atoms with van der Waals surface area (Å²) in [6.45, 7) is 2.62. The Morgan fingerprint density at radius 1 is 0.978 bits per heavy atom. The number of rotatable bonds is 7. The maximum Gasteiger partial charge on any atom is 0.275 e. The summed E-state index contributed by atoms with van der Waals surface area (Å²) in [4.78, 5) is 44.2. The van der Waals surface area contributed by atoms with E-state index in [2.05, 4.69) is 10.3 Å². The zero-order valence-electron chi connectivity index (χ0n) is 24.6. The lowest BCUT2D eigenvalue weighted by molar-refractivity contribution is -0.130. The van der Waals surface area contributed by atoms with Crippen LogP contribution in [0.4, 0.5) is 15.8 Å². The number of anilines is 2. The van der Waals surface area contributed by atoms with E-state index in [1.54, 1.807) is 31.5 Å². The van der Waals surface area contributed by atoms with Gasteiger partial charge in [-0.2, -0.15) is 0 Å². The van der Waals surface area contributed by atoms with E-state index in [4.69, 9.17) is 4.74 Å². The Morgan fingerprint density at radius 3 is 2.33 bits per heavy atom. The third-order valence-electron chi connectivity index (χ3n) is 8.61. The maximum absolute atomic E-state index is 15.7. The predicted octanol–water partition coefficient (Wildman–Crippen LogP) is 4.44. The summed E-state index contributed by atoms with van der Waals surface area (Å²) in [6.07, 6.45) is 3.32. The molecule has 3 heterocycles. The molecule has 0 radical (unpaired) electrons. The van der Waals surface area contributed by atoms with Crippen molar-refractivity contribution in [3.63, 3.8) is 0 Å². The topological polar surface area (TPSA) is 107 Å². The molecule has 12 heteroatoms. The molecular weight excluding hydrogens is 597 g/mol. The van der Waals surface area contributed by atoms with Crippen LogP contribution in [0.1, 0.15) is 40.2 Å². The average Bonchev–Trinajstić information content (AvgIpc) is 3.84. The van der Waals surface area contributed by atoms with E-state index in [9.17, 15) is 19.5 Å². The van der Waals surface area contributed by atoms with Crippen LogP contribution in [0.3, 0.4) is 0 Å². The van der Waals surface area contributed by atoms with Crippen LogP contribution in [0.5, 0.6) is 11.5 Å². The number of aromatic hydroxyl groups is 1. The van der Waals surface area contributed by atoms with Gasteiger partial charge in [0.15, 0.2) is 0 Å². The lowest BCUT2D eigenvalue weighted by atomic mass is 10.1. The van der Waals surface area contributed by atoms with E-state index in [1.807, 2.05) is 33.7 Å². The first-order valence-corrected chi connectivity index (χ1v) is 15.9. The molecule has 2 N–H and O–H groups in total. The SMILES string of the molecule is COc1ccc(N2CCN(c3cc4c(cc3F)c(=O)c(C(=O)NN3C(=O)CSC3c3ccc(O)cc3)cn4C3CC3)CC2)cc1. The number of amides is 2. The number of hydrazine groups is 1. The van der Waals surface area contributed by atoms with E-state index < -0.39 is 22.5 Å². The van der Waals surface area contributed by atoms with Gasteiger partial charge in [-0.15, -0.1) is 11.8 Å². The van der Waals surface area contributed by atoms with E-state index in [0.29, 0.717) is 37.4 Å². The minimum absolute atomic E-state index is 0.0895. The first-order valence-electron chi connectivity index (χ1n) is 14.9. The highest BCUT2D eigenvalue weighted by Crippen LogP contribution is 2.39. The fraction of sp³-hybridized carbons (Fsp3) is 0.303. The molecular formula is C33H32FN5O5S. The summed E-state index contributed by atoms with van der Waals surface area (Å²) in [5, 5.41) is 10.5. The Labute approximate surface area is 262 Å². The second-order valence-corrected chi connectivity index (χ2v) is 12.5. The molecule has 1 saturated carbocycles. The number of phenols is 1. The number of aromatic nitrogens is 1. The van der Waals surface area contributed by atoms with Crippen molar-refractivity contribution in [3.8, 4) is 11.5 Å². The van der Waals surface area contributed by atoms with Gasteiger partial charge >= 0.3 is 0 Å². The van der Waals surface area contributed by atoms with Gasteiger partial charge in [-0.1, -0.05) is 12.1 Å². The van der Waals surface area contributed by atoms with Gasteiger partial charge in [0.2, 0.25) is 5.43 Å². The van der Waals surface area contributed by atoms with Gasteiger partial charge in [0.05, 0.1) is 24.1 Å². The Bertz CT molecular complexity index is 1840. The summed E-state index contributed by atoms with van der Waals surface area (Å²) in [5.41, 5.74) is 4.71. The van der Waals surface area contributed by atoms with Crippen LogP contribution in [0.25, 0.3) is 10.9 Å². The smallest absolute Gasteiger partial charge is 0.275 e. The first kappa shape index (κ1) is 29.0. The minimum Gasteiger partial charge on any atom is -0.508 e. The Kier molecular flexibility index (Phi) is 7.52. The van der Waals surface area contributed by atoms with Crippen LogP contribution in [-0.2, 0) is 4.79 Å². The number of fused-ring (bicyclic) bond motifs is 1. The molecule has 0 bridgehead atoms. The number of halogens is 1. The van der Waals surface area contributed by atoms with Crippen molar-refractivity contribution >= 4 is 45.9 Å². The highest BCUT2D eigenvalue weighted by Gasteiger charge is 2.36. The number of benzene rings is 3. The number of thioether (sulfide) groups is 1. The number of hydrogen-bond donors (Lipinski definition) is 2. The Morgan fingerprint density at radius 2 is 1.67 bits per heavy atom. The fourth-order valence-electron chi connectivity index (χ4n) is 6.02. The molecule has 1 aliphatic carbocycles. The number of ether oxygens (including phenoxy) is 1. The lowest BCUT2D eigenvalue weighted by Gasteiger charge is -2.37. The monoisotopic (exact) mass is 629 g/mol. The number of piperazine rings is 1. The molecule has 1 atom stereocenters. The van der Waals surface area contributed by atoms with Gasteiger partial charge in [-0.25, -0.2) is 9.40 Å². The van der Waals surface area contributed by atoms with E-state index in [-0.39, 0.29) is 34.4 Å². The van der Waals surface area contributed by atoms with Crippen molar-refractivity contribution in [3.05, 3.63) is 94.0 Å². The van der Waals surface area contributed by atoms with Crippen molar-refractivity contribution < 1.29 is 23.8 Å². The molecule has 45 heavy (non-hydrogen) atoms. The number of methoxy groups -OCH3 is 1. The molecule has 3 aromatic carbocycles. The second-order valence-electron chi connectivity index (χ2n) is 11.5. The van der Waals surface area contributed by atoms with Crippen LogP contribution < -0.4 is 25.4 Å². The van der Waals surface area contributed by atoms with Crippen molar-refractivity contribution in [2.24, 2.45) is 0 Å². The maximum atomic E-state index is 15.7. The van der Waals surface area contributed by atoms with Crippen molar-refractivity contribution in [1.29, 1.82) is 0 Å². The first-order chi connectivity index (χ1) is 21.8. The molecule has 2 aliphatic heterocycles. The predicted molar refractivity (Wildman–Crippen MR) is 171 cm³/mol. The highest BCUT2D eigenvalue weighted by atomic mass is 32.2. The Hall–Kier alpha value is -4.71.